The average molecular weight is 146 g/mol. The molecule has 0 saturated heterocycles. The molecular formula is C6H14O2Si. The fourth-order valence-electron chi connectivity index (χ4n) is 1.19. The molecule has 1 aliphatic carbocycles. The van der Waals surface area contributed by atoms with Gasteiger partial charge in [0.2, 0.25) is 0 Å². The van der Waals surface area contributed by atoms with Gasteiger partial charge in [0.15, 0.2) is 0 Å². The summed E-state index contributed by atoms with van der Waals surface area (Å²) in [6, 6.07) is 0. The summed E-state index contributed by atoms with van der Waals surface area (Å²) in [5.41, 5.74) is 0.806. The van der Waals surface area contributed by atoms with Crippen molar-refractivity contribution < 1.29 is 8.85 Å². The maximum atomic E-state index is 5.22. The van der Waals surface area contributed by atoms with Crippen LogP contribution in [0.5, 0.6) is 0 Å². The van der Waals surface area contributed by atoms with E-state index in [0.717, 1.165) is 5.54 Å². The van der Waals surface area contributed by atoms with Crippen LogP contribution in [-0.2, 0) is 8.85 Å². The standard InChI is InChI=1S/C6H14O2Si/c1-7-9(8-2)6-4-3-5-6/h6,9H,3-5H2,1-2H3. The molecule has 1 rings (SSSR count). The minimum Gasteiger partial charge on any atom is -0.400 e. The van der Waals surface area contributed by atoms with Crippen LogP contribution in [0.2, 0.25) is 5.54 Å². The molecule has 0 N–H and O–H groups in total. The van der Waals surface area contributed by atoms with Crippen molar-refractivity contribution in [2.24, 2.45) is 0 Å². The van der Waals surface area contributed by atoms with Gasteiger partial charge in [0.25, 0.3) is 0 Å². The van der Waals surface area contributed by atoms with Crippen molar-refractivity contribution in [1.82, 2.24) is 0 Å². The Morgan fingerprint density at radius 1 is 1.22 bits per heavy atom. The quantitative estimate of drug-likeness (QED) is 0.554. The molecule has 0 radical (unpaired) electrons. The smallest absolute Gasteiger partial charge is 0.324 e. The molecule has 0 heterocycles. The van der Waals surface area contributed by atoms with Gasteiger partial charge in [-0.3, -0.25) is 0 Å². The van der Waals surface area contributed by atoms with Gasteiger partial charge in [0, 0.05) is 14.2 Å². The average Bonchev–Trinajstić information content (AvgIpc) is 1.78. The molecule has 54 valence electrons. The van der Waals surface area contributed by atoms with Crippen molar-refractivity contribution in [3.63, 3.8) is 0 Å². The van der Waals surface area contributed by atoms with E-state index in [4.69, 9.17) is 8.85 Å². The Balaban J connectivity index is 2.19. The fourth-order valence-corrected chi connectivity index (χ4v) is 3.17. The van der Waals surface area contributed by atoms with Gasteiger partial charge in [-0.1, -0.05) is 6.42 Å². The lowest BCUT2D eigenvalue weighted by Crippen LogP contribution is -2.30. The summed E-state index contributed by atoms with van der Waals surface area (Å²) < 4.78 is 10.4. The highest BCUT2D eigenvalue weighted by molar-refractivity contribution is 6.46. The maximum absolute atomic E-state index is 5.22. The van der Waals surface area contributed by atoms with E-state index in [0.29, 0.717) is 0 Å². The van der Waals surface area contributed by atoms with Gasteiger partial charge in [-0.15, -0.1) is 0 Å². The number of hydrogen-bond acceptors (Lipinski definition) is 2. The van der Waals surface area contributed by atoms with E-state index >= 15 is 0 Å². The molecule has 0 bridgehead atoms. The highest BCUT2D eigenvalue weighted by Crippen LogP contribution is 2.35. The Morgan fingerprint density at radius 2 is 1.78 bits per heavy atom. The summed E-state index contributed by atoms with van der Waals surface area (Å²) in [5.74, 6) is 0. The lowest BCUT2D eigenvalue weighted by atomic mass is 10.00. The Kier molecular flexibility index (Phi) is 2.69. The second-order valence-corrected chi connectivity index (χ2v) is 5.15. The van der Waals surface area contributed by atoms with Crippen molar-refractivity contribution >= 4 is 9.28 Å². The molecule has 1 saturated carbocycles. The van der Waals surface area contributed by atoms with Crippen LogP contribution in [0.4, 0.5) is 0 Å². The van der Waals surface area contributed by atoms with Crippen LogP contribution in [0.3, 0.4) is 0 Å². The summed E-state index contributed by atoms with van der Waals surface area (Å²) in [6.45, 7) is 0. The van der Waals surface area contributed by atoms with Crippen LogP contribution in [-0.4, -0.2) is 23.5 Å². The lowest BCUT2D eigenvalue weighted by molar-refractivity contribution is 0.244. The third kappa shape index (κ3) is 1.53. The Morgan fingerprint density at radius 3 is 1.89 bits per heavy atom. The third-order valence-electron chi connectivity index (χ3n) is 2.00. The van der Waals surface area contributed by atoms with Crippen LogP contribution in [0.15, 0.2) is 0 Å². The largest absolute Gasteiger partial charge is 0.400 e. The van der Waals surface area contributed by atoms with Gasteiger partial charge in [-0.2, -0.15) is 0 Å². The normalized spacial score (nSPS) is 20.3. The predicted molar refractivity (Wildman–Crippen MR) is 38.8 cm³/mol. The van der Waals surface area contributed by atoms with E-state index < -0.39 is 9.28 Å². The molecule has 0 aromatic carbocycles. The van der Waals surface area contributed by atoms with E-state index in [-0.39, 0.29) is 0 Å². The van der Waals surface area contributed by atoms with Gasteiger partial charge in [0.1, 0.15) is 0 Å². The molecule has 0 spiro atoms. The zero-order valence-corrected chi connectivity index (χ0v) is 7.25. The van der Waals surface area contributed by atoms with Gasteiger partial charge in [-0.25, -0.2) is 0 Å². The monoisotopic (exact) mass is 146 g/mol. The minimum absolute atomic E-state index is 0.806. The SMILES string of the molecule is CO[SiH](OC)C1CCC1. The van der Waals surface area contributed by atoms with Crippen molar-refractivity contribution in [1.29, 1.82) is 0 Å². The van der Waals surface area contributed by atoms with E-state index in [1.165, 1.54) is 19.3 Å². The van der Waals surface area contributed by atoms with Crippen LogP contribution in [0.1, 0.15) is 19.3 Å². The van der Waals surface area contributed by atoms with Crippen LogP contribution in [0, 0.1) is 0 Å². The Labute approximate surface area is 58.0 Å². The van der Waals surface area contributed by atoms with Crippen molar-refractivity contribution in [2.45, 2.75) is 24.8 Å². The summed E-state index contributed by atoms with van der Waals surface area (Å²) in [7, 11) is 2.33. The van der Waals surface area contributed by atoms with E-state index in [1.54, 1.807) is 14.2 Å². The molecule has 0 aromatic heterocycles. The highest BCUT2D eigenvalue weighted by Gasteiger charge is 2.29. The molecule has 0 atom stereocenters. The molecule has 0 aromatic rings. The highest BCUT2D eigenvalue weighted by atomic mass is 28.3. The molecule has 1 fully saturated rings. The predicted octanol–water partition coefficient (Wildman–Crippen LogP) is 1.05. The van der Waals surface area contributed by atoms with Crippen molar-refractivity contribution in [3.05, 3.63) is 0 Å². The van der Waals surface area contributed by atoms with Crippen molar-refractivity contribution in [2.75, 3.05) is 14.2 Å². The molecule has 3 heteroatoms. The molecule has 0 unspecified atom stereocenters. The minimum atomic E-state index is -1.20. The second kappa shape index (κ2) is 3.34. The summed E-state index contributed by atoms with van der Waals surface area (Å²) in [4.78, 5) is 0. The summed E-state index contributed by atoms with van der Waals surface area (Å²) in [5, 5.41) is 0. The van der Waals surface area contributed by atoms with Gasteiger partial charge in [-0.05, 0) is 18.4 Å². The molecule has 0 aliphatic heterocycles. The van der Waals surface area contributed by atoms with E-state index in [1.807, 2.05) is 0 Å². The molecule has 2 nitrogen and oxygen atoms in total. The summed E-state index contributed by atoms with van der Waals surface area (Å²) in [6.07, 6.45) is 4.04. The van der Waals surface area contributed by atoms with Gasteiger partial charge < -0.3 is 8.85 Å². The maximum Gasteiger partial charge on any atom is 0.324 e. The number of hydrogen-bond donors (Lipinski definition) is 0. The van der Waals surface area contributed by atoms with Gasteiger partial charge in [0.05, 0.1) is 0 Å². The van der Waals surface area contributed by atoms with Crippen molar-refractivity contribution in [3.8, 4) is 0 Å². The van der Waals surface area contributed by atoms with Gasteiger partial charge >= 0.3 is 9.28 Å². The zero-order valence-electron chi connectivity index (χ0n) is 6.09. The van der Waals surface area contributed by atoms with Crippen LogP contribution < -0.4 is 0 Å². The zero-order chi connectivity index (χ0) is 6.69. The first-order valence-corrected chi connectivity index (χ1v) is 5.05. The molecule has 9 heavy (non-hydrogen) atoms. The first-order chi connectivity index (χ1) is 4.38. The first kappa shape index (κ1) is 7.25. The third-order valence-corrected chi connectivity index (χ3v) is 4.37. The first-order valence-electron chi connectivity index (χ1n) is 3.44. The summed E-state index contributed by atoms with van der Waals surface area (Å²) >= 11 is 0. The van der Waals surface area contributed by atoms with E-state index in [2.05, 4.69) is 0 Å². The topological polar surface area (TPSA) is 18.5 Å². The fraction of sp³-hybridized carbons (Fsp3) is 1.00. The lowest BCUT2D eigenvalue weighted by Gasteiger charge is -2.29. The molecule has 1 aliphatic rings. The molecular weight excluding hydrogens is 132 g/mol. The number of rotatable bonds is 3. The van der Waals surface area contributed by atoms with E-state index in [9.17, 15) is 0 Å². The second-order valence-electron chi connectivity index (χ2n) is 2.53. The molecule has 0 amide bonds. The van der Waals surface area contributed by atoms with Crippen LogP contribution in [0.25, 0.3) is 0 Å². The Hall–Kier alpha value is 0.137. The Bertz CT molecular complexity index is 79.1. The van der Waals surface area contributed by atoms with Crippen LogP contribution >= 0.6 is 0 Å².